The summed E-state index contributed by atoms with van der Waals surface area (Å²) in [5.41, 5.74) is 1.50. The van der Waals surface area contributed by atoms with Crippen molar-refractivity contribution in [3.8, 4) is 22.8 Å². The Kier molecular flexibility index (Phi) is 5.19. The number of anilines is 1. The Labute approximate surface area is 174 Å². The molecular weight excluding hydrogens is 410 g/mol. The molecule has 4 rings (SSSR count). The van der Waals surface area contributed by atoms with E-state index in [0.717, 1.165) is 6.07 Å². The van der Waals surface area contributed by atoms with Crippen LogP contribution in [0.1, 0.15) is 10.4 Å². The number of benzene rings is 2. The van der Waals surface area contributed by atoms with Crippen molar-refractivity contribution < 1.29 is 14.2 Å². The van der Waals surface area contributed by atoms with Crippen molar-refractivity contribution in [1.82, 2.24) is 15.1 Å². The maximum atomic E-state index is 12.7. The number of aromatic nitrogens is 3. The number of para-hydroxylation sites is 1. The topological polar surface area (TPSA) is 124 Å². The minimum Gasteiger partial charge on any atom is -0.334 e. The van der Waals surface area contributed by atoms with Gasteiger partial charge in [0.1, 0.15) is 0 Å². The van der Waals surface area contributed by atoms with Crippen LogP contribution >= 0.6 is 11.6 Å². The molecule has 0 atom stereocenters. The highest BCUT2D eigenvalue weighted by molar-refractivity contribution is 6.34. The van der Waals surface area contributed by atoms with Crippen molar-refractivity contribution in [2.24, 2.45) is 0 Å². The highest BCUT2D eigenvalue weighted by Gasteiger charge is 2.19. The molecule has 0 aliphatic heterocycles. The molecule has 2 aromatic heterocycles. The number of amides is 1. The van der Waals surface area contributed by atoms with Crippen LogP contribution in [-0.2, 0) is 0 Å². The largest absolute Gasteiger partial charge is 0.334 e. The lowest BCUT2D eigenvalue weighted by Crippen LogP contribution is -2.13. The molecule has 10 heteroatoms. The molecule has 2 heterocycles. The van der Waals surface area contributed by atoms with Crippen LogP contribution in [0.15, 0.2) is 71.5 Å². The van der Waals surface area contributed by atoms with Crippen LogP contribution < -0.4 is 5.32 Å². The molecule has 0 aliphatic carbocycles. The number of nitrogens with one attached hydrogen (secondary N) is 1. The molecule has 0 aliphatic rings. The summed E-state index contributed by atoms with van der Waals surface area (Å²) in [5.74, 6) is 0.0338. The first kappa shape index (κ1) is 19.2. The second kappa shape index (κ2) is 8.10. The van der Waals surface area contributed by atoms with E-state index in [0.29, 0.717) is 22.6 Å². The van der Waals surface area contributed by atoms with E-state index in [1.54, 1.807) is 48.8 Å². The predicted molar refractivity (Wildman–Crippen MR) is 109 cm³/mol. The van der Waals surface area contributed by atoms with Crippen LogP contribution in [0.3, 0.4) is 0 Å². The zero-order valence-corrected chi connectivity index (χ0v) is 15.9. The second-order valence-electron chi connectivity index (χ2n) is 6.09. The smallest absolute Gasteiger partial charge is 0.270 e. The monoisotopic (exact) mass is 421 g/mol. The van der Waals surface area contributed by atoms with E-state index < -0.39 is 10.8 Å². The van der Waals surface area contributed by atoms with Crippen molar-refractivity contribution in [3.05, 3.63) is 87.7 Å². The van der Waals surface area contributed by atoms with Crippen molar-refractivity contribution in [1.29, 1.82) is 0 Å². The van der Waals surface area contributed by atoms with Crippen LogP contribution in [-0.4, -0.2) is 26.0 Å². The molecule has 0 fully saturated rings. The van der Waals surface area contributed by atoms with Gasteiger partial charge in [0, 0.05) is 30.1 Å². The standard InChI is InChI=1S/C20H12ClN5O4/c21-16-10-13(26(28)29)7-8-14(16)19(27)23-17-6-2-1-5-15(17)20-24-18(25-30-20)12-4-3-9-22-11-12/h1-11H,(H,23,27). The zero-order chi connectivity index (χ0) is 21.1. The van der Waals surface area contributed by atoms with Gasteiger partial charge in [-0.05, 0) is 30.3 Å². The molecule has 1 N–H and O–H groups in total. The third kappa shape index (κ3) is 3.87. The average Bonchev–Trinajstić information content (AvgIpc) is 3.24. The molecule has 0 saturated carbocycles. The maximum Gasteiger partial charge on any atom is 0.270 e. The number of nitro groups is 1. The van der Waals surface area contributed by atoms with Crippen molar-refractivity contribution in [2.75, 3.05) is 5.32 Å². The number of non-ortho nitro benzene ring substituents is 1. The number of carbonyl (C=O) groups is 1. The summed E-state index contributed by atoms with van der Waals surface area (Å²) in [5, 5.41) is 17.5. The number of nitro benzene ring substituents is 1. The molecule has 30 heavy (non-hydrogen) atoms. The normalized spacial score (nSPS) is 10.6. The predicted octanol–water partition coefficient (Wildman–Crippen LogP) is 4.61. The van der Waals surface area contributed by atoms with Gasteiger partial charge in [0.15, 0.2) is 0 Å². The van der Waals surface area contributed by atoms with Crippen LogP contribution in [0, 0.1) is 10.1 Å². The second-order valence-corrected chi connectivity index (χ2v) is 6.49. The summed E-state index contributed by atoms with van der Waals surface area (Å²) in [6.45, 7) is 0. The highest BCUT2D eigenvalue weighted by Crippen LogP contribution is 2.30. The highest BCUT2D eigenvalue weighted by atomic mass is 35.5. The molecule has 4 aromatic rings. The molecule has 0 spiro atoms. The average molecular weight is 422 g/mol. The third-order valence-corrected chi connectivity index (χ3v) is 4.47. The van der Waals surface area contributed by atoms with Gasteiger partial charge in [-0.15, -0.1) is 0 Å². The number of hydrogen-bond donors (Lipinski definition) is 1. The summed E-state index contributed by atoms with van der Waals surface area (Å²) in [4.78, 5) is 31.3. The van der Waals surface area contributed by atoms with Gasteiger partial charge < -0.3 is 9.84 Å². The maximum absolute atomic E-state index is 12.7. The van der Waals surface area contributed by atoms with E-state index in [9.17, 15) is 14.9 Å². The summed E-state index contributed by atoms with van der Waals surface area (Å²) in [7, 11) is 0. The van der Waals surface area contributed by atoms with Gasteiger partial charge in [0.2, 0.25) is 5.82 Å². The van der Waals surface area contributed by atoms with Crippen LogP contribution in [0.2, 0.25) is 5.02 Å². The molecule has 0 bridgehead atoms. The fourth-order valence-corrected chi connectivity index (χ4v) is 2.98. The molecule has 0 unspecified atom stereocenters. The summed E-state index contributed by atoms with van der Waals surface area (Å²) < 4.78 is 5.36. The number of pyridine rings is 1. The quantitative estimate of drug-likeness (QED) is 0.368. The van der Waals surface area contributed by atoms with E-state index in [1.807, 2.05) is 0 Å². The summed E-state index contributed by atoms with van der Waals surface area (Å²) >= 11 is 6.05. The van der Waals surface area contributed by atoms with Gasteiger partial charge in [-0.3, -0.25) is 19.9 Å². The van der Waals surface area contributed by atoms with Gasteiger partial charge in [-0.25, -0.2) is 0 Å². The summed E-state index contributed by atoms with van der Waals surface area (Å²) in [6, 6.07) is 14.1. The molecule has 9 nitrogen and oxygen atoms in total. The lowest BCUT2D eigenvalue weighted by Gasteiger charge is -2.09. The van der Waals surface area contributed by atoms with E-state index in [4.69, 9.17) is 16.1 Å². The van der Waals surface area contributed by atoms with E-state index in [2.05, 4.69) is 20.4 Å². The first-order chi connectivity index (χ1) is 14.5. The van der Waals surface area contributed by atoms with Gasteiger partial charge in [0.25, 0.3) is 17.5 Å². The first-order valence-corrected chi connectivity index (χ1v) is 8.99. The van der Waals surface area contributed by atoms with Crippen LogP contribution in [0.5, 0.6) is 0 Å². The zero-order valence-electron chi connectivity index (χ0n) is 15.2. The Hall–Kier alpha value is -4.11. The number of hydrogen-bond acceptors (Lipinski definition) is 7. The lowest BCUT2D eigenvalue weighted by atomic mass is 10.1. The number of carbonyl (C=O) groups excluding carboxylic acids is 1. The first-order valence-electron chi connectivity index (χ1n) is 8.62. The lowest BCUT2D eigenvalue weighted by molar-refractivity contribution is -0.384. The Balaban J connectivity index is 1.62. The Morgan fingerprint density at radius 2 is 1.97 bits per heavy atom. The van der Waals surface area contributed by atoms with Gasteiger partial charge in [0.05, 0.1) is 26.8 Å². The molecule has 0 saturated heterocycles. The fraction of sp³-hybridized carbons (Fsp3) is 0. The van der Waals surface area contributed by atoms with Gasteiger partial charge >= 0.3 is 0 Å². The van der Waals surface area contributed by atoms with E-state index in [1.165, 1.54) is 12.1 Å². The van der Waals surface area contributed by atoms with Crippen molar-refractivity contribution in [3.63, 3.8) is 0 Å². The fourth-order valence-electron chi connectivity index (χ4n) is 2.72. The van der Waals surface area contributed by atoms with Crippen molar-refractivity contribution in [2.45, 2.75) is 0 Å². The minimum atomic E-state index is -0.585. The third-order valence-electron chi connectivity index (χ3n) is 4.16. The number of rotatable bonds is 5. The molecule has 0 radical (unpaired) electrons. The van der Waals surface area contributed by atoms with Gasteiger partial charge in [-0.1, -0.05) is 28.9 Å². The Morgan fingerprint density at radius 1 is 1.13 bits per heavy atom. The van der Waals surface area contributed by atoms with Crippen LogP contribution in [0.4, 0.5) is 11.4 Å². The molecule has 2 aromatic carbocycles. The van der Waals surface area contributed by atoms with Crippen molar-refractivity contribution >= 4 is 28.9 Å². The van der Waals surface area contributed by atoms with E-state index >= 15 is 0 Å². The van der Waals surface area contributed by atoms with Gasteiger partial charge in [-0.2, -0.15) is 4.98 Å². The minimum absolute atomic E-state index is 0.0316. The van der Waals surface area contributed by atoms with E-state index in [-0.39, 0.29) is 22.2 Å². The summed E-state index contributed by atoms with van der Waals surface area (Å²) in [6.07, 6.45) is 3.25. The number of halogens is 1. The SMILES string of the molecule is O=C(Nc1ccccc1-c1nc(-c2cccnc2)no1)c1ccc([N+](=O)[O-])cc1Cl. The molecule has 148 valence electrons. The molecular formula is C20H12ClN5O4. The number of nitrogens with zero attached hydrogens (tertiary/aromatic N) is 4. The Bertz CT molecular complexity index is 1240. The Morgan fingerprint density at radius 3 is 2.70 bits per heavy atom. The van der Waals surface area contributed by atoms with Crippen LogP contribution in [0.25, 0.3) is 22.8 Å². The molecule has 1 amide bonds.